The quantitative estimate of drug-likeness (QED) is 0.531. The maximum atomic E-state index is 12.0. The van der Waals surface area contributed by atoms with Gasteiger partial charge < -0.3 is 9.47 Å². The van der Waals surface area contributed by atoms with E-state index >= 15 is 0 Å². The van der Waals surface area contributed by atoms with E-state index in [9.17, 15) is 4.79 Å². The van der Waals surface area contributed by atoms with Crippen molar-refractivity contribution >= 4 is 5.97 Å². The highest BCUT2D eigenvalue weighted by molar-refractivity contribution is 5.74. The molecule has 2 fully saturated rings. The maximum absolute atomic E-state index is 12.0. The molecule has 16 heavy (non-hydrogen) atoms. The molecule has 1 saturated heterocycles. The van der Waals surface area contributed by atoms with Crippen molar-refractivity contribution in [2.75, 3.05) is 6.61 Å². The van der Waals surface area contributed by atoms with Crippen molar-refractivity contribution in [1.29, 1.82) is 0 Å². The Labute approximate surface area is 95.8 Å². The Kier molecular flexibility index (Phi) is 2.72. The minimum atomic E-state index is -0.274. The van der Waals surface area contributed by atoms with Gasteiger partial charge in [0.25, 0.3) is 0 Å². The molecule has 2 bridgehead atoms. The summed E-state index contributed by atoms with van der Waals surface area (Å²) in [6.45, 7) is 0.731. The van der Waals surface area contributed by atoms with Gasteiger partial charge in [-0.3, -0.25) is 4.79 Å². The van der Waals surface area contributed by atoms with E-state index in [0.29, 0.717) is 11.8 Å². The lowest BCUT2D eigenvalue weighted by atomic mass is 9.94. The molecule has 3 rings (SSSR count). The molecular weight excluding hydrogens is 204 g/mol. The van der Waals surface area contributed by atoms with Crippen LogP contribution >= 0.6 is 0 Å². The van der Waals surface area contributed by atoms with Crippen molar-refractivity contribution in [3.8, 4) is 0 Å². The molecule has 1 heterocycles. The van der Waals surface area contributed by atoms with Crippen LogP contribution in [0.2, 0.25) is 0 Å². The number of allylic oxidation sites excluding steroid dienone is 2. The summed E-state index contributed by atoms with van der Waals surface area (Å²) in [7, 11) is 0. The van der Waals surface area contributed by atoms with Crippen molar-refractivity contribution in [3.05, 3.63) is 12.2 Å². The highest BCUT2D eigenvalue weighted by atomic mass is 16.7. The highest BCUT2D eigenvalue weighted by Gasteiger charge is 2.41. The summed E-state index contributed by atoms with van der Waals surface area (Å²) in [6, 6.07) is 0. The molecule has 0 amide bonds. The molecule has 1 aliphatic heterocycles. The van der Waals surface area contributed by atoms with Crippen molar-refractivity contribution in [3.63, 3.8) is 0 Å². The van der Waals surface area contributed by atoms with Gasteiger partial charge in [0.1, 0.15) is 0 Å². The Morgan fingerprint density at radius 1 is 1.25 bits per heavy atom. The van der Waals surface area contributed by atoms with E-state index in [4.69, 9.17) is 9.47 Å². The number of esters is 1. The smallest absolute Gasteiger partial charge is 0.311 e. The number of ether oxygens (including phenoxy) is 2. The fraction of sp³-hybridized carbons (Fsp3) is 0.769. The Bertz CT molecular complexity index is 304. The van der Waals surface area contributed by atoms with Gasteiger partial charge in [-0.15, -0.1) is 0 Å². The van der Waals surface area contributed by atoms with Crippen LogP contribution in [0.15, 0.2) is 12.2 Å². The van der Waals surface area contributed by atoms with Crippen LogP contribution in [-0.4, -0.2) is 18.9 Å². The molecule has 2 aliphatic carbocycles. The van der Waals surface area contributed by atoms with Crippen LogP contribution in [0.4, 0.5) is 0 Å². The Morgan fingerprint density at radius 2 is 2.19 bits per heavy atom. The Hall–Kier alpha value is -0.830. The zero-order valence-corrected chi connectivity index (χ0v) is 9.43. The second-order valence-corrected chi connectivity index (χ2v) is 5.12. The van der Waals surface area contributed by atoms with Crippen molar-refractivity contribution < 1.29 is 14.3 Å². The molecule has 3 aliphatic rings. The summed E-state index contributed by atoms with van der Waals surface area (Å²) in [6.07, 6.45) is 9.33. The van der Waals surface area contributed by atoms with Crippen LogP contribution in [-0.2, 0) is 14.3 Å². The molecule has 0 spiro atoms. The van der Waals surface area contributed by atoms with Gasteiger partial charge in [-0.2, -0.15) is 0 Å². The average Bonchev–Trinajstić information content (AvgIpc) is 2.92. The topological polar surface area (TPSA) is 35.5 Å². The van der Waals surface area contributed by atoms with E-state index in [0.717, 1.165) is 38.7 Å². The third-order valence-electron chi connectivity index (χ3n) is 3.97. The van der Waals surface area contributed by atoms with Crippen LogP contribution in [0.3, 0.4) is 0 Å². The predicted molar refractivity (Wildman–Crippen MR) is 58.5 cm³/mol. The first kappa shape index (κ1) is 10.3. The van der Waals surface area contributed by atoms with E-state index in [2.05, 4.69) is 12.2 Å². The van der Waals surface area contributed by atoms with Crippen molar-refractivity contribution in [2.45, 2.75) is 38.4 Å². The molecule has 0 unspecified atom stereocenters. The lowest BCUT2D eigenvalue weighted by Crippen LogP contribution is -2.30. The molecule has 1 saturated carbocycles. The minimum absolute atomic E-state index is 0.0382. The Morgan fingerprint density at radius 3 is 2.81 bits per heavy atom. The van der Waals surface area contributed by atoms with Crippen LogP contribution in [0.1, 0.15) is 32.1 Å². The molecule has 3 nitrogen and oxygen atoms in total. The van der Waals surface area contributed by atoms with E-state index in [1.54, 1.807) is 0 Å². The van der Waals surface area contributed by atoms with Gasteiger partial charge in [0.15, 0.2) is 0 Å². The summed E-state index contributed by atoms with van der Waals surface area (Å²) in [5.41, 5.74) is 0. The Balaban J connectivity index is 1.55. The summed E-state index contributed by atoms with van der Waals surface area (Å²) in [4.78, 5) is 12.0. The van der Waals surface area contributed by atoms with Crippen LogP contribution < -0.4 is 0 Å². The number of hydrogen-bond donors (Lipinski definition) is 0. The van der Waals surface area contributed by atoms with E-state index < -0.39 is 0 Å². The lowest BCUT2D eigenvalue weighted by molar-refractivity contribution is -0.191. The largest absolute Gasteiger partial charge is 0.436 e. The fourth-order valence-electron chi connectivity index (χ4n) is 3.07. The van der Waals surface area contributed by atoms with Gasteiger partial charge in [0, 0.05) is 6.42 Å². The fourth-order valence-corrected chi connectivity index (χ4v) is 3.07. The molecule has 0 aromatic heterocycles. The van der Waals surface area contributed by atoms with Crippen LogP contribution in [0.5, 0.6) is 0 Å². The third-order valence-corrected chi connectivity index (χ3v) is 3.97. The van der Waals surface area contributed by atoms with Gasteiger partial charge in [-0.25, -0.2) is 0 Å². The second-order valence-electron chi connectivity index (χ2n) is 5.12. The van der Waals surface area contributed by atoms with Gasteiger partial charge in [-0.1, -0.05) is 12.2 Å². The van der Waals surface area contributed by atoms with E-state index in [1.165, 1.54) is 0 Å². The molecule has 0 N–H and O–H groups in total. The monoisotopic (exact) mass is 222 g/mol. The standard InChI is InChI=1S/C13H18O3/c14-13(16-12-3-1-2-6-15-12)11-8-9-4-5-10(11)7-9/h4-5,9-12H,1-3,6-8H2/t9-,10+,11-,12+/m0/s1. The molecule has 0 radical (unpaired) electrons. The van der Waals surface area contributed by atoms with Crippen LogP contribution in [0.25, 0.3) is 0 Å². The zero-order valence-electron chi connectivity index (χ0n) is 9.43. The number of rotatable bonds is 2. The van der Waals surface area contributed by atoms with Crippen LogP contribution in [0, 0.1) is 17.8 Å². The first-order valence-corrected chi connectivity index (χ1v) is 6.33. The number of fused-ring (bicyclic) bond motifs is 2. The summed E-state index contributed by atoms with van der Waals surface area (Å²) >= 11 is 0. The predicted octanol–water partition coefficient (Wildman–Crippen LogP) is 2.27. The highest BCUT2D eigenvalue weighted by Crippen LogP contribution is 2.44. The van der Waals surface area contributed by atoms with Crippen molar-refractivity contribution in [2.24, 2.45) is 17.8 Å². The van der Waals surface area contributed by atoms with Gasteiger partial charge >= 0.3 is 5.97 Å². The number of carbonyl (C=O) groups excluding carboxylic acids is 1. The lowest BCUT2D eigenvalue weighted by Gasteiger charge is -2.25. The average molecular weight is 222 g/mol. The minimum Gasteiger partial charge on any atom is -0.436 e. The molecule has 0 aromatic rings. The first-order chi connectivity index (χ1) is 7.83. The second kappa shape index (κ2) is 4.21. The summed E-state index contributed by atoms with van der Waals surface area (Å²) in [5.74, 6) is 1.11. The molecular formula is C13H18O3. The molecule has 3 heteroatoms. The van der Waals surface area contributed by atoms with Crippen molar-refractivity contribution in [1.82, 2.24) is 0 Å². The summed E-state index contributed by atoms with van der Waals surface area (Å²) in [5, 5.41) is 0. The molecule has 0 aromatic carbocycles. The number of hydrogen-bond acceptors (Lipinski definition) is 3. The van der Waals surface area contributed by atoms with Gasteiger partial charge in [0.2, 0.25) is 6.29 Å². The molecule has 88 valence electrons. The molecule has 4 atom stereocenters. The maximum Gasteiger partial charge on any atom is 0.311 e. The summed E-state index contributed by atoms with van der Waals surface area (Å²) < 4.78 is 10.9. The van der Waals surface area contributed by atoms with Gasteiger partial charge in [0.05, 0.1) is 12.5 Å². The number of carbonyl (C=O) groups is 1. The van der Waals surface area contributed by atoms with Gasteiger partial charge in [-0.05, 0) is 37.5 Å². The third kappa shape index (κ3) is 1.88. The van der Waals surface area contributed by atoms with E-state index in [-0.39, 0.29) is 18.2 Å². The zero-order chi connectivity index (χ0) is 11.0. The van der Waals surface area contributed by atoms with E-state index in [1.807, 2.05) is 0 Å². The first-order valence-electron chi connectivity index (χ1n) is 6.33. The normalized spacial score (nSPS) is 41.2. The SMILES string of the molecule is O=C(O[C@@H]1CCCCO1)[C@H]1C[C@H]2C=C[C@@H]1C2.